The average Bonchev–Trinajstić information content (AvgIpc) is 3.09. The first-order valence-corrected chi connectivity index (χ1v) is 8.36. The number of esters is 1. The minimum Gasteiger partial charge on any atom is -0.487 e. The lowest BCUT2D eigenvalue weighted by Gasteiger charge is -2.08. The quantitative estimate of drug-likeness (QED) is 0.583. The van der Waals surface area contributed by atoms with Gasteiger partial charge >= 0.3 is 5.97 Å². The van der Waals surface area contributed by atoms with Gasteiger partial charge in [-0.25, -0.2) is 13.6 Å². The Morgan fingerprint density at radius 2 is 1.40 bits per heavy atom. The summed E-state index contributed by atoms with van der Waals surface area (Å²) in [7, 11) is 0. The Kier molecular flexibility index (Phi) is 5.40. The number of halogens is 2. The second-order valence-corrected chi connectivity index (χ2v) is 6.15. The molecule has 0 bridgehead atoms. The minimum absolute atomic E-state index is 0.0500. The van der Waals surface area contributed by atoms with Crippen LogP contribution in [0.1, 0.15) is 20.8 Å². The smallest absolute Gasteiger partial charge is 0.352 e. The summed E-state index contributed by atoms with van der Waals surface area (Å²) in [4.78, 5) is 12.6. The van der Waals surface area contributed by atoms with Crippen molar-refractivity contribution in [3.05, 3.63) is 87.6 Å². The van der Waals surface area contributed by atoms with Gasteiger partial charge in [0.05, 0.1) is 0 Å². The number of benzene rings is 2. The summed E-state index contributed by atoms with van der Waals surface area (Å²) in [6.07, 6.45) is 0. The van der Waals surface area contributed by atoms with Crippen molar-refractivity contribution in [3.63, 3.8) is 0 Å². The molecule has 0 N–H and O–H groups in total. The maximum Gasteiger partial charge on any atom is 0.352 e. The van der Waals surface area contributed by atoms with Gasteiger partial charge in [0.25, 0.3) is 0 Å². The van der Waals surface area contributed by atoms with E-state index < -0.39 is 5.97 Å². The molecule has 6 heteroatoms. The van der Waals surface area contributed by atoms with Crippen LogP contribution in [0, 0.1) is 11.6 Å². The first-order valence-electron chi connectivity index (χ1n) is 7.48. The van der Waals surface area contributed by atoms with Gasteiger partial charge in [-0.3, -0.25) is 0 Å². The number of carbonyl (C=O) groups is 1. The van der Waals surface area contributed by atoms with Crippen molar-refractivity contribution < 1.29 is 23.0 Å². The van der Waals surface area contributed by atoms with Crippen LogP contribution in [0.5, 0.6) is 5.75 Å². The zero-order valence-corrected chi connectivity index (χ0v) is 13.9. The predicted octanol–water partition coefficient (Wildman–Crippen LogP) is 4.96. The van der Waals surface area contributed by atoms with E-state index in [1.165, 1.54) is 35.6 Å². The van der Waals surface area contributed by atoms with Crippen LogP contribution in [-0.4, -0.2) is 5.97 Å². The number of carbonyl (C=O) groups excluding carboxylic acids is 1. The highest BCUT2D eigenvalue weighted by molar-refractivity contribution is 7.12. The molecule has 0 atom stereocenters. The summed E-state index contributed by atoms with van der Waals surface area (Å²) in [6.45, 7) is 0.268. The fourth-order valence-electron chi connectivity index (χ4n) is 2.10. The van der Waals surface area contributed by atoms with Gasteiger partial charge in [0, 0.05) is 0 Å². The highest BCUT2D eigenvalue weighted by Gasteiger charge is 2.16. The lowest BCUT2D eigenvalue weighted by Crippen LogP contribution is -2.06. The zero-order valence-electron chi connectivity index (χ0n) is 13.1. The Balaban J connectivity index is 1.59. The number of hydrogen-bond donors (Lipinski definition) is 0. The first kappa shape index (κ1) is 17.1. The molecule has 0 amide bonds. The van der Waals surface area contributed by atoms with Gasteiger partial charge in [-0.05, 0) is 46.8 Å². The maximum atomic E-state index is 12.9. The summed E-state index contributed by atoms with van der Waals surface area (Å²) in [6, 6.07) is 13.4. The largest absolute Gasteiger partial charge is 0.487 e. The van der Waals surface area contributed by atoms with Gasteiger partial charge in [-0.2, -0.15) is 0 Å². The molecule has 2 aromatic carbocycles. The molecule has 0 aliphatic heterocycles. The van der Waals surface area contributed by atoms with E-state index in [9.17, 15) is 13.6 Å². The van der Waals surface area contributed by atoms with Gasteiger partial charge in [-0.15, -0.1) is 11.3 Å². The molecule has 0 unspecified atom stereocenters. The Bertz CT molecular complexity index is 842. The van der Waals surface area contributed by atoms with Crippen molar-refractivity contribution in [1.29, 1.82) is 0 Å². The van der Waals surface area contributed by atoms with Crippen LogP contribution >= 0.6 is 11.3 Å². The lowest BCUT2D eigenvalue weighted by molar-refractivity contribution is 0.0474. The molecule has 128 valence electrons. The molecule has 1 heterocycles. The van der Waals surface area contributed by atoms with E-state index in [4.69, 9.17) is 9.47 Å². The molecule has 0 fully saturated rings. The molecule has 0 aliphatic rings. The fraction of sp³-hybridized carbons (Fsp3) is 0.105. The summed E-state index contributed by atoms with van der Waals surface area (Å²) in [5, 5.41) is 1.73. The van der Waals surface area contributed by atoms with E-state index in [1.54, 1.807) is 35.7 Å². The number of rotatable bonds is 6. The summed E-state index contributed by atoms with van der Waals surface area (Å²) >= 11 is 1.21. The molecule has 0 saturated carbocycles. The summed E-state index contributed by atoms with van der Waals surface area (Å²) in [5.74, 6) is -0.749. The third-order valence-electron chi connectivity index (χ3n) is 3.41. The highest BCUT2D eigenvalue weighted by Crippen LogP contribution is 2.27. The molecular formula is C19H14F2O3S. The van der Waals surface area contributed by atoms with Crippen LogP contribution in [0.15, 0.2) is 60.0 Å². The molecule has 3 nitrogen and oxygen atoms in total. The van der Waals surface area contributed by atoms with Crippen molar-refractivity contribution >= 4 is 17.3 Å². The standard InChI is InChI=1S/C19H14F2O3S/c20-15-5-1-13(2-6-15)11-23-17-9-10-25-18(17)19(22)24-12-14-3-7-16(21)8-4-14/h1-10H,11-12H2. The van der Waals surface area contributed by atoms with Crippen molar-refractivity contribution in [1.82, 2.24) is 0 Å². The second kappa shape index (κ2) is 7.90. The SMILES string of the molecule is O=C(OCc1ccc(F)cc1)c1sccc1OCc1ccc(F)cc1. The van der Waals surface area contributed by atoms with Gasteiger partial charge < -0.3 is 9.47 Å². The van der Waals surface area contributed by atoms with Crippen LogP contribution in [0.2, 0.25) is 0 Å². The molecular weight excluding hydrogens is 346 g/mol. The molecule has 3 aromatic rings. The molecule has 0 saturated heterocycles. The minimum atomic E-state index is -0.506. The fourth-order valence-corrected chi connectivity index (χ4v) is 2.82. The van der Waals surface area contributed by atoms with Gasteiger partial charge in [0.2, 0.25) is 0 Å². The van der Waals surface area contributed by atoms with E-state index in [1.807, 2.05) is 0 Å². The number of ether oxygens (including phenoxy) is 2. The normalized spacial score (nSPS) is 10.5. The van der Waals surface area contributed by atoms with Gasteiger partial charge in [-0.1, -0.05) is 24.3 Å². The third kappa shape index (κ3) is 4.64. The van der Waals surface area contributed by atoms with E-state index in [-0.39, 0.29) is 24.8 Å². The van der Waals surface area contributed by atoms with Crippen molar-refractivity contribution in [2.75, 3.05) is 0 Å². The van der Waals surface area contributed by atoms with Gasteiger partial charge in [0.15, 0.2) is 4.88 Å². The monoisotopic (exact) mass is 360 g/mol. The number of hydrogen-bond acceptors (Lipinski definition) is 4. The van der Waals surface area contributed by atoms with Crippen LogP contribution < -0.4 is 4.74 Å². The Labute approximate surface area is 147 Å². The molecule has 1 aromatic heterocycles. The molecule has 3 rings (SSSR count). The Morgan fingerprint density at radius 1 is 0.840 bits per heavy atom. The lowest BCUT2D eigenvalue weighted by atomic mass is 10.2. The van der Waals surface area contributed by atoms with Crippen LogP contribution in [0.4, 0.5) is 8.78 Å². The van der Waals surface area contributed by atoms with Crippen LogP contribution in [-0.2, 0) is 18.0 Å². The van der Waals surface area contributed by atoms with E-state index >= 15 is 0 Å². The number of thiophene rings is 1. The van der Waals surface area contributed by atoms with Crippen molar-refractivity contribution in [3.8, 4) is 5.75 Å². The van der Waals surface area contributed by atoms with Crippen molar-refractivity contribution in [2.24, 2.45) is 0 Å². The topological polar surface area (TPSA) is 35.5 Å². The van der Waals surface area contributed by atoms with Gasteiger partial charge in [0.1, 0.15) is 30.6 Å². The maximum absolute atomic E-state index is 12.9. The van der Waals surface area contributed by atoms with Crippen molar-refractivity contribution in [2.45, 2.75) is 13.2 Å². The highest BCUT2D eigenvalue weighted by atomic mass is 32.1. The van der Waals surface area contributed by atoms with E-state index in [0.29, 0.717) is 16.2 Å². The Morgan fingerprint density at radius 3 is 2.00 bits per heavy atom. The Hall–Kier alpha value is -2.73. The first-order chi connectivity index (χ1) is 12.1. The summed E-state index contributed by atoms with van der Waals surface area (Å²) < 4.78 is 36.6. The van der Waals surface area contributed by atoms with Crippen LogP contribution in [0.25, 0.3) is 0 Å². The second-order valence-electron chi connectivity index (χ2n) is 5.23. The zero-order chi connectivity index (χ0) is 17.6. The van der Waals surface area contributed by atoms with Crippen LogP contribution in [0.3, 0.4) is 0 Å². The third-order valence-corrected chi connectivity index (χ3v) is 4.28. The molecule has 0 aliphatic carbocycles. The molecule has 25 heavy (non-hydrogen) atoms. The average molecular weight is 360 g/mol. The molecule has 0 radical (unpaired) electrons. The molecule has 0 spiro atoms. The summed E-state index contributed by atoms with van der Waals surface area (Å²) in [5.41, 5.74) is 1.48. The predicted molar refractivity (Wildman–Crippen MR) is 90.6 cm³/mol. The van der Waals surface area contributed by atoms with E-state index in [0.717, 1.165) is 5.56 Å². The van der Waals surface area contributed by atoms with E-state index in [2.05, 4.69) is 0 Å².